The molecule has 0 saturated carbocycles. The van der Waals surface area contributed by atoms with Crippen LogP contribution in [-0.2, 0) is 9.84 Å². The van der Waals surface area contributed by atoms with Crippen LogP contribution in [0.15, 0.2) is 29.2 Å². The van der Waals surface area contributed by atoms with Crippen LogP contribution >= 0.6 is 0 Å². The Balaban J connectivity index is 3.02. The van der Waals surface area contributed by atoms with Crippen molar-refractivity contribution in [1.29, 1.82) is 5.26 Å². The summed E-state index contributed by atoms with van der Waals surface area (Å²) in [7, 11) is -4.69. The SMILES string of the molecule is CC(C)[C@](C)(C#N)NC(=O)c1ccc(S(=O)(=O)C(F)F)cc1. The lowest BCUT2D eigenvalue weighted by Crippen LogP contribution is -2.48. The van der Waals surface area contributed by atoms with E-state index >= 15 is 0 Å². The van der Waals surface area contributed by atoms with Gasteiger partial charge in [-0.3, -0.25) is 4.79 Å². The van der Waals surface area contributed by atoms with Crippen molar-refractivity contribution in [2.45, 2.75) is 37.0 Å². The Hall–Kier alpha value is -2.01. The number of halogens is 2. The van der Waals surface area contributed by atoms with E-state index in [0.717, 1.165) is 24.3 Å². The van der Waals surface area contributed by atoms with Gasteiger partial charge in [0.05, 0.1) is 11.0 Å². The van der Waals surface area contributed by atoms with Crippen molar-refractivity contribution in [3.63, 3.8) is 0 Å². The molecule has 0 aromatic heterocycles. The van der Waals surface area contributed by atoms with Crippen LogP contribution in [0.5, 0.6) is 0 Å². The van der Waals surface area contributed by atoms with Gasteiger partial charge >= 0.3 is 5.76 Å². The van der Waals surface area contributed by atoms with Gasteiger partial charge in [0.15, 0.2) is 0 Å². The van der Waals surface area contributed by atoms with Gasteiger partial charge < -0.3 is 5.32 Å². The molecule has 0 bridgehead atoms. The normalized spacial score (nSPS) is 14.5. The minimum Gasteiger partial charge on any atom is -0.334 e. The van der Waals surface area contributed by atoms with E-state index < -0.39 is 31.9 Å². The zero-order valence-electron chi connectivity index (χ0n) is 12.3. The lowest BCUT2D eigenvalue weighted by Gasteiger charge is -2.27. The van der Waals surface area contributed by atoms with E-state index in [0.29, 0.717) is 0 Å². The molecule has 0 aliphatic rings. The minimum atomic E-state index is -4.69. The molecule has 0 fully saturated rings. The highest BCUT2D eigenvalue weighted by molar-refractivity contribution is 7.91. The Kier molecular flexibility index (Phi) is 5.25. The van der Waals surface area contributed by atoms with E-state index in [1.807, 2.05) is 6.07 Å². The van der Waals surface area contributed by atoms with E-state index in [2.05, 4.69) is 5.32 Å². The summed E-state index contributed by atoms with van der Waals surface area (Å²) < 4.78 is 47.4. The molecule has 120 valence electrons. The summed E-state index contributed by atoms with van der Waals surface area (Å²) in [5.41, 5.74) is -1.01. The van der Waals surface area contributed by atoms with Crippen molar-refractivity contribution in [1.82, 2.24) is 5.32 Å². The van der Waals surface area contributed by atoms with Crippen LogP contribution in [0, 0.1) is 17.2 Å². The Labute approximate surface area is 127 Å². The van der Waals surface area contributed by atoms with Crippen LogP contribution in [0.1, 0.15) is 31.1 Å². The largest absolute Gasteiger partial charge is 0.341 e. The van der Waals surface area contributed by atoms with Crippen LogP contribution in [0.3, 0.4) is 0 Å². The first-order chi connectivity index (χ1) is 10.0. The standard InChI is InChI=1S/C14H16F2N2O3S/c1-9(2)14(3,8-17)18-12(19)10-4-6-11(7-5-10)22(20,21)13(15)16/h4-7,9,13H,1-3H3,(H,18,19)/t14-/m0/s1. The second kappa shape index (κ2) is 6.40. The zero-order chi connectivity index (χ0) is 17.1. The summed E-state index contributed by atoms with van der Waals surface area (Å²) in [6.45, 7) is 5.09. The maximum atomic E-state index is 12.4. The molecule has 0 heterocycles. The molecular weight excluding hydrogens is 314 g/mol. The van der Waals surface area contributed by atoms with Crippen molar-refractivity contribution in [2.75, 3.05) is 0 Å². The molecule has 0 aliphatic heterocycles. The van der Waals surface area contributed by atoms with E-state index in [9.17, 15) is 22.0 Å². The molecule has 1 rings (SSSR count). The molecule has 0 aliphatic carbocycles. The lowest BCUT2D eigenvalue weighted by molar-refractivity contribution is 0.0908. The third-order valence-electron chi connectivity index (χ3n) is 3.44. The third kappa shape index (κ3) is 3.60. The number of nitriles is 1. The Bertz CT molecular complexity index is 694. The van der Waals surface area contributed by atoms with Crippen molar-refractivity contribution >= 4 is 15.7 Å². The van der Waals surface area contributed by atoms with Gasteiger partial charge in [-0.1, -0.05) is 13.8 Å². The van der Waals surface area contributed by atoms with Gasteiger partial charge in [0.25, 0.3) is 5.91 Å². The zero-order valence-corrected chi connectivity index (χ0v) is 13.1. The highest BCUT2D eigenvalue weighted by Gasteiger charge is 2.31. The molecule has 1 amide bonds. The molecule has 0 saturated heterocycles. The number of benzene rings is 1. The maximum absolute atomic E-state index is 12.4. The van der Waals surface area contributed by atoms with E-state index in [4.69, 9.17) is 5.26 Å². The number of hydrogen-bond donors (Lipinski definition) is 1. The van der Waals surface area contributed by atoms with Crippen molar-refractivity contribution in [3.8, 4) is 6.07 Å². The molecule has 1 N–H and O–H groups in total. The molecular formula is C14H16F2N2O3S. The Morgan fingerprint density at radius 1 is 1.27 bits per heavy atom. The van der Waals surface area contributed by atoms with Gasteiger partial charge in [-0.25, -0.2) is 8.42 Å². The molecule has 1 aromatic rings. The smallest absolute Gasteiger partial charge is 0.334 e. The fourth-order valence-corrected chi connectivity index (χ4v) is 2.23. The molecule has 0 radical (unpaired) electrons. The monoisotopic (exact) mass is 330 g/mol. The number of carbonyl (C=O) groups excluding carboxylic acids is 1. The molecule has 8 heteroatoms. The molecule has 0 spiro atoms. The second-order valence-corrected chi connectivity index (χ2v) is 7.17. The Morgan fingerprint density at radius 2 is 1.77 bits per heavy atom. The lowest BCUT2D eigenvalue weighted by atomic mass is 9.90. The molecule has 22 heavy (non-hydrogen) atoms. The quantitative estimate of drug-likeness (QED) is 0.898. The minimum absolute atomic E-state index is 0.0790. The van der Waals surface area contributed by atoms with Crippen LogP contribution in [-0.4, -0.2) is 25.6 Å². The first-order valence-corrected chi connectivity index (χ1v) is 7.95. The number of nitrogens with one attached hydrogen (secondary N) is 1. The molecule has 1 aromatic carbocycles. The number of nitrogens with zero attached hydrogens (tertiary/aromatic N) is 1. The van der Waals surface area contributed by atoms with Crippen molar-refractivity contribution < 1.29 is 22.0 Å². The van der Waals surface area contributed by atoms with Crippen molar-refractivity contribution in [2.24, 2.45) is 5.92 Å². The number of hydrogen-bond acceptors (Lipinski definition) is 4. The maximum Gasteiger partial charge on any atom is 0.341 e. The summed E-state index contributed by atoms with van der Waals surface area (Å²) in [6.07, 6.45) is 0. The van der Waals surface area contributed by atoms with Gasteiger partial charge in [0.2, 0.25) is 9.84 Å². The molecule has 1 atom stereocenters. The van der Waals surface area contributed by atoms with Crippen LogP contribution in [0.4, 0.5) is 8.78 Å². The first-order valence-electron chi connectivity index (χ1n) is 6.40. The van der Waals surface area contributed by atoms with Crippen LogP contribution < -0.4 is 5.32 Å². The summed E-state index contributed by atoms with van der Waals surface area (Å²) >= 11 is 0. The topological polar surface area (TPSA) is 87.0 Å². The summed E-state index contributed by atoms with van der Waals surface area (Å²) in [5.74, 6) is -4.26. The summed E-state index contributed by atoms with van der Waals surface area (Å²) in [6, 6.07) is 6.14. The van der Waals surface area contributed by atoms with Gasteiger partial charge in [-0.05, 0) is 37.1 Å². The highest BCUT2D eigenvalue weighted by Crippen LogP contribution is 2.20. The van der Waals surface area contributed by atoms with Gasteiger partial charge in [-0.15, -0.1) is 0 Å². The predicted octanol–water partition coefficient (Wildman–Crippen LogP) is 2.35. The average Bonchev–Trinajstić information content (AvgIpc) is 2.46. The van der Waals surface area contributed by atoms with Crippen LogP contribution in [0.2, 0.25) is 0 Å². The average molecular weight is 330 g/mol. The summed E-state index contributed by atoms with van der Waals surface area (Å²) in [5, 5.41) is 11.7. The van der Waals surface area contributed by atoms with E-state index in [1.54, 1.807) is 20.8 Å². The fraction of sp³-hybridized carbons (Fsp3) is 0.429. The number of sulfone groups is 1. The molecule has 5 nitrogen and oxygen atoms in total. The number of alkyl halides is 2. The number of carbonyl (C=O) groups is 1. The number of amides is 1. The molecule has 0 unspecified atom stereocenters. The van der Waals surface area contributed by atoms with Gasteiger partial charge in [-0.2, -0.15) is 14.0 Å². The van der Waals surface area contributed by atoms with E-state index in [-0.39, 0.29) is 11.5 Å². The predicted molar refractivity (Wildman–Crippen MR) is 76.0 cm³/mol. The highest BCUT2D eigenvalue weighted by atomic mass is 32.2. The fourth-order valence-electron chi connectivity index (χ4n) is 1.51. The Morgan fingerprint density at radius 3 is 2.14 bits per heavy atom. The second-order valence-electron chi connectivity index (χ2n) is 5.25. The number of rotatable bonds is 5. The van der Waals surface area contributed by atoms with Crippen molar-refractivity contribution in [3.05, 3.63) is 29.8 Å². The summed E-state index contributed by atoms with van der Waals surface area (Å²) in [4.78, 5) is 11.5. The first kappa shape index (κ1) is 18.0. The van der Waals surface area contributed by atoms with E-state index in [1.165, 1.54) is 0 Å². The third-order valence-corrected chi connectivity index (χ3v) is 4.84. The van der Waals surface area contributed by atoms with Crippen LogP contribution in [0.25, 0.3) is 0 Å². The van der Waals surface area contributed by atoms with Gasteiger partial charge in [0.1, 0.15) is 5.54 Å². The van der Waals surface area contributed by atoms with Gasteiger partial charge in [0, 0.05) is 5.56 Å².